The molecule has 2 heterocycles. The number of hydrogen-bond donors (Lipinski definition) is 2. The van der Waals surface area contributed by atoms with Crippen LogP contribution in [-0.4, -0.2) is 35.8 Å². The van der Waals surface area contributed by atoms with Crippen LogP contribution in [0.15, 0.2) is 71.3 Å². The number of aryl methyl sites for hydroxylation is 1. The molecule has 7 nitrogen and oxygen atoms in total. The molecule has 0 bridgehead atoms. The summed E-state index contributed by atoms with van der Waals surface area (Å²) in [5.41, 5.74) is -2.72. The first-order chi connectivity index (χ1) is 18.8. The number of carbonyl (C=O) groups excluding carboxylic acids is 2. The predicted molar refractivity (Wildman–Crippen MR) is 130 cm³/mol. The van der Waals surface area contributed by atoms with Crippen LogP contribution in [0.2, 0.25) is 0 Å². The molecule has 1 aliphatic heterocycles. The van der Waals surface area contributed by atoms with Crippen molar-refractivity contribution in [1.82, 2.24) is 15.6 Å². The van der Waals surface area contributed by atoms with Crippen LogP contribution in [0.5, 0.6) is 5.75 Å². The van der Waals surface area contributed by atoms with Gasteiger partial charge in [0.1, 0.15) is 17.7 Å². The first-order valence-electron chi connectivity index (χ1n) is 12.0. The topological polar surface area (TPSA) is 93.5 Å². The number of oxazole rings is 1. The first kappa shape index (κ1) is 28.7. The van der Waals surface area contributed by atoms with Gasteiger partial charge in [-0.2, -0.15) is 26.3 Å². The molecule has 0 radical (unpaired) electrons. The van der Waals surface area contributed by atoms with Crippen LogP contribution in [0.3, 0.4) is 0 Å². The molecule has 2 amide bonds. The average Bonchev–Trinajstić information content (AvgIpc) is 3.43. The quantitative estimate of drug-likeness (QED) is 0.264. The fourth-order valence-corrected chi connectivity index (χ4v) is 4.23. The van der Waals surface area contributed by atoms with Crippen molar-refractivity contribution in [2.75, 3.05) is 6.61 Å². The van der Waals surface area contributed by atoms with Crippen LogP contribution in [-0.2, 0) is 10.3 Å². The zero-order valence-corrected chi connectivity index (χ0v) is 20.9. The highest BCUT2D eigenvalue weighted by atomic mass is 19.4. The lowest BCUT2D eigenvalue weighted by molar-refractivity contribution is -0.201. The molecule has 1 unspecified atom stereocenters. The van der Waals surface area contributed by atoms with E-state index >= 15 is 0 Å². The Labute approximate surface area is 224 Å². The predicted octanol–water partition coefficient (Wildman–Crippen LogP) is 5.82. The standard InChI is InChI=1S/C27H23F6N3O4/c1-16-3-5-17(6-4-16)20-13-25(27(31,32)33,36-24(38)22(20)35-23(37)21-14-39-15-34-21)18-7-9-19(10-8-18)40-12-2-11-26(28,29)30/h3-10,14-15H,2,11-13H2,1H3,(H,35,37)(H,36,38). The summed E-state index contributed by atoms with van der Waals surface area (Å²) >= 11 is 0. The number of amides is 2. The fraction of sp³-hybridized carbons (Fsp3) is 0.296. The highest BCUT2D eigenvalue weighted by Crippen LogP contribution is 2.48. The van der Waals surface area contributed by atoms with Crippen LogP contribution >= 0.6 is 0 Å². The number of halogens is 6. The Morgan fingerprint density at radius 1 is 1.07 bits per heavy atom. The van der Waals surface area contributed by atoms with E-state index in [9.17, 15) is 35.9 Å². The van der Waals surface area contributed by atoms with Gasteiger partial charge in [-0.1, -0.05) is 42.0 Å². The number of ether oxygens (including phenoxy) is 1. The van der Waals surface area contributed by atoms with Crippen molar-refractivity contribution in [1.29, 1.82) is 0 Å². The number of rotatable bonds is 8. The maximum Gasteiger partial charge on any atom is 0.416 e. The molecular formula is C27H23F6N3O4. The van der Waals surface area contributed by atoms with Gasteiger partial charge in [0, 0.05) is 12.8 Å². The largest absolute Gasteiger partial charge is 0.494 e. The third-order valence-corrected chi connectivity index (χ3v) is 6.31. The molecule has 4 rings (SSSR count). The molecule has 0 fully saturated rings. The average molecular weight is 567 g/mol. The summed E-state index contributed by atoms with van der Waals surface area (Å²) in [6, 6.07) is 11.0. The van der Waals surface area contributed by atoms with E-state index in [1.165, 1.54) is 12.1 Å². The molecule has 0 saturated carbocycles. The van der Waals surface area contributed by atoms with E-state index in [1.54, 1.807) is 31.2 Å². The first-order valence-corrected chi connectivity index (χ1v) is 12.0. The zero-order valence-electron chi connectivity index (χ0n) is 20.9. The number of benzene rings is 2. The molecule has 3 aromatic rings. The van der Waals surface area contributed by atoms with Crippen LogP contribution < -0.4 is 15.4 Å². The molecule has 13 heteroatoms. The van der Waals surface area contributed by atoms with Crippen molar-refractivity contribution in [3.05, 3.63) is 89.3 Å². The van der Waals surface area contributed by atoms with Crippen molar-refractivity contribution in [3.63, 3.8) is 0 Å². The summed E-state index contributed by atoms with van der Waals surface area (Å²) < 4.78 is 91.4. The van der Waals surface area contributed by atoms with Crippen molar-refractivity contribution in [3.8, 4) is 5.75 Å². The van der Waals surface area contributed by atoms with E-state index in [-0.39, 0.29) is 46.9 Å². The van der Waals surface area contributed by atoms with Gasteiger partial charge in [-0.25, -0.2) is 4.98 Å². The van der Waals surface area contributed by atoms with E-state index in [0.29, 0.717) is 0 Å². The highest BCUT2D eigenvalue weighted by molar-refractivity contribution is 6.08. The van der Waals surface area contributed by atoms with Crippen molar-refractivity contribution in [2.45, 2.75) is 44.1 Å². The number of aromatic nitrogens is 1. The summed E-state index contributed by atoms with van der Waals surface area (Å²) in [4.78, 5) is 29.6. The molecule has 2 aromatic carbocycles. The Morgan fingerprint density at radius 2 is 1.75 bits per heavy atom. The molecule has 0 saturated heterocycles. The molecule has 2 N–H and O–H groups in total. The Hall–Kier alpha value is -4.29. The molecule has 1 atom stereocenters. The maximum absolute atomic E-state index is 14.8. The fourth-order valence-electron chi connectivity index (χ4n) is 4.23. The number of hydrogen-bond acceptors (Lipinski definition) is 5. The van der Waals surface area contributed by atoms with Gasteiger partial charge in [0.2, 0.25) is 0 Å². The van der Waals surface area contributed by atoms with Crippen molar-refractivity contribution < 1.29 is 45.1 Å². The van der Waals surface area contributed by atoms with Gasteiger partial charge in [0.25, 0.3) is 11.8 Å². The lowest BCUT2D eigenvalue weighted by Gasteiger charge is -2.41. The normalized spacial score (nSPS) is 17.9. The van der Waals surface area contributed by atoms with Gasteiger partial charge in [-0.3, -0.25) is 9.59 Å². The smallest absolute Gasteiger partial charge is 0.416 e. The third kappa shape index (κ3) is 6.29. The summed E-state index contributed by atoms with van der Waals surface area (Å²) in [5.74, 6) is -1.96. The maximum atomic E-state index is 14.8. The summed E-state index contributed by atoms with van der Waals surface area (Å²) in [5, 5.41) is 4.40. The van der Waals surface area contributed by atoms with E-state index in [1.807, 2.05) is 5.32 Å². The number of alkyl halides is 6. The summed E-state index contributed by atoms with van der Waals surface area (Å²) in [6.45, 7) is 1.50. The van der Waals surface area contributed by atoms with Gasteiger partial charge in [-0.15, -0.1) is 0 Å². The van der Waals surface area contributed by atoms with Crippen LogP contribution in [0.25, 0.3) is 5.57 Å². The van der Waals surface area contributed by atoms with Crippen LogP contribution in [0.4, 0.5) is 26.3 Å². The lowest BCUT2D eigenvalue weighted by Crippen LogP contribution is -2.60. The van der Waals surface area contributed by atoms with E-state index in [0.717, 1.165) is 30.4 Å². The lowest BCUT2D eigenvalue weighted by atomic mass is 9.77. The number of nitrogens with one attached hydrogen (secondary N) is 2. The van der Waals surface area contributed by atoms with Gasteiger partial charge in [-0.05, 0) is 42.2 Å². The van der Waals surface area contributed by atoms with Crippen molar-refractivity contribution >= 4 is 17.4 Å². The summed E-state index contributed by atoms with van der Waals surface area (Å²) in [7, 11) is 0. The molecule has 1 aliphatic rings. The second-order valence-electron chi connectivity index (χ2n) is 9.17. The molecule has 0 spiro atoms. The Bertz CT molecular complexity index is 1380. The van der Waals surface area contributed by atoms with Gasteiger partial charge < -0.3 is 19.8 Å². The minimum atomic E-state index is -4.99. The van der Waals surface area contributed by atoms with E-state index < -0.39 is 42.5 Å². The second-order valence-corrected chi connectivity index (χ2v) is 9.17. The van der Waals surface area contributed by atoms with Crippen LogP contribution in [0.1, 0.15) is 46.4 Å². The molecule has 0 aliphatic carbocycles. The SMILES string of the molecule is Cc1ccc(C2=C(NC(=O)c3cocn3)C(=O)NC(c3ccc(OCCCC(F)(F)F)cc3)(C(F)(F)F)C2)cc1. The Balaban J connectivity index is 1.69. The van der Waals surface area contributed by atoms with E-state index in [2.05, 4.69) is 10.3 Å². The summed E-state index contributed by atoms with van der Waals surface area (Å²) in [6.07, 6.45) is -9.47. The second kappa shape index (κ2) is 11.1. The van der Waals surface area contributed by atoms with Crippen molar-refractivity contribution in [2.24, 2.45) is 0 Å². The molecule has 1 aromatic heterocycles. The van der Waals surface area contributed by atoms with E-state index in [4.69, 9.17) is 9.15 Å². The highest BCUT2D eigenvalue weighted by Gasteiger charge is 2.59. The molecular weight excluding hydrogens is 544 g/mol. The zero-order chi connectivity index (χ0) is 29.1. The van der Waals surface area contributed by atoms with Crippen LogP contribution in [0, 0.1) is 6.92 Å². The van der Waals surface area contributed by atoms with Gasteiger partial charge >= 0.3 is 12.4 Å². The molecule has 212 valence electrons. The number of carbonyl (C=O) groups is 2. The third-order valence-electron chi connectivity index (χ3n) is 6.31. The van der Waals surface area contributed by atoms with Gasteiger partial charge in [0.15, 0.2) is 17.6 Å². The Kier molecular flexibility index (Phi) is 7.94. The minimum Gasteiger partial charge on any atom is -0.494 e. The minimum absolute atomic E-state index is 0.0644. The Morgan fingerprint density at radius 3 is 2.33 bits per heavy atom. The monoisotopic (exact) mass is 567 g/mol. The molecule has 40 heavy (non-hydrogen) atoms. The van der Waals surface area contributed by atoms with Gasteiger partial charge in [0.05, 0.1) is 6.61 Å². The number of nitrogens with zero attached hydrogens (tertiary/aromatic N) is 1.